The van der Waals surface area contributed by atoms with Gasteiger partial charge in [0.15, 0.2) is 0 Å². The first-order valence-electron chi connectivity index (χ1n) is 5.61. The van der Waals surface area contributed by atoms with Crippen molar-refractivity contribution < 1.29 is 0 Å². The molecule has 0 unspecified atom stereocenters. The fourth-order valence-corrected chi connectivity index (χ4v) is 2.49. The summed E-state index contributed by atoms with van der Waals surface area (Å²) >= 11 is 17.3. The smallest absolute Gasteiger partial charge is 0.107 e. The summed E-state index contributed by atoms with van der Waals surface area (Å²) in [6.07, 6.45) is 0. The zero-order valence-electron chi connectivity index (χ0n) is 10.2. The second-order valence-electron chi connectivity index (χ2n) is 4.06. The van der Waals surface area contributed by atoms with E-state index in [0.29, 0.717) is 15.6 Å². The van der Waals surface area contributed by atoms with Gasteiger partial charge in [-0.15, -0.1) is 0 Å². The predicted molar refractivity (Wildman–Crippen MR) is 86.8 cm³/mol. The van der Waals surface area contributed by atoms with Crippen molar-refractivity contribution in [2.75, 3.05) is 5.32 Å². The number of benzene rings is 2. The third-order valence-corrected chi connectivity index (χ3v) is 3.73. The third-order valence-electron chi connectivity index (χ3n) is 2.80. The van der Waals surface area contributed by atoms with Crippen molar-refractivity contribution >= 4 is 51.8 Å². The average Bonchev–Trinajstić information content (AvgIpc) is 2.34. The second kappa shape index (κ2) is 5.78. The van der Waals surface area contributed by atoms with Crippen LogP contribution in [0.2, 0.25) is 10.0 Å². The van der Waals surface area contributed by atoms with Crippen LogP contribution in [0.3, 0.4) is 0 Å². The van der Waals surface area contributed by atoms with Crippen molar-refractivity contribution in [1.29, 1.82) is 0 Å². The molecule has 2 aromatic carbocycles. The van der Waals surface area contributed by atoms with Gasteiger partial charge in [-0.1, -0.05) is 47.6 Å². The van der Waals surface area contributed by atoms with E-state index < -0.39 is 0 Å². The van der Waals surface area contributed by atoms with Gasteiger partial charge in [-0.2, -0.15) is 0 Å². The standard InChI is InChI=1S/C14H12Cl2N2S/c1-8-9(15)4-2-6-11(8)18-12-7-3-5-10(16)13(12)14(17)19/h2-7,18H,1H3,(H2,17,19). The van der Waals surface area contributed by atoms with Crippen LogP contribution in [-0.2, 0) is 0 Å². The highest BCUT2D eigenvalue weighted by molar-refractivity contribution is 7.80. The lowest BCUT2D eigenvalue weighted by molar-refractivity contribution is 1.42. The van der Waals surface area contributed by atoms with E-state index in [1.807, 2.05) is 37.3 Å². The van der Waals surface area contributed by atoms with Gasteiger partial charge in [-0.05, 0) is 36.8 Å². The highest BCUT2D eigenvalue weighted by atomic mass is 35.5. The molecule has 0 aliphatic heterocycles. The molecular formula is C14H12Cl2N2S. The molecule has 0 aliphatic rings. The number of halogens is 2. The zero-order valence-corrected chi connectivity index (χ0v) is 12.5. The normalized spacial score (nSPS) is 10.3. The van der Waals surface area contributed by atoms with E-state index in [9.17, 15) is 0 Å². The van der Waals surface area contributed by atoms with Crippen molar-refractivity contribution in [1.82, 2.24) is 0 Å². The Morgan fingerprint density at radius 2 is 1.63 bits per heavy atom. The Labute approximate surface area is 127 Å². The Hall–Kier alpha value is -1.29. The van der Waals surface area contributed by atoms with Crippen molar-refractivity contribution in [2.45, 2.75) is 6.92 Å². The number of nitrogens with one attached hydrogen (secondary N) is 1. The fraction of sp³-hybridized carbons (Fsp3) is 0.0714. The van der Waals surface area contributed by atoms with Gasteiger partial charge in [0.25, 0.3) is 0 Å². The second-order valence-corrected chi connectivity index (χ2v) is 5.32. The molecule has 0 spiro atoms. The summed E-state index contributed by atoms with van der Waals surface area (Å²) in [5.74, 6) is 0. The maximum Gasteiger partial charge on any atom is 0.107 e. The molecule has 2 nitrogen and oxygen atoms in total. The lowest BCUT2D eigenvalue weighted by Gasteiger charge is -2.14. The lowest BCUT2D eigenvalue weighted by Crippen LogP contribution is -2.12. The maximum atomic E-state index is 6.13. The van der Waals surface area contributed by atoms with Gasteiger partial charge < -0.3 is 11.1 Å². The van der Waals surface area contributed by atoms with Crippen molar-refractivity contribution in [3.05, 3.63) is 57.6 Å². The fourth-order valence-electron chi connectivity index (χ4n) is 1.77. The molecule has 2 rings (SSSR count). The van der Waals surface area contributed by atoms with Gasteiger partial charge in [0.2, 0.25) is 0 Å². The van der Waals surface area contributed by atoms with Gasteiger partial charge in [0, 0.05) is 10.7 Å². The van der Waals surface area contributed by atoms with Crippen molar-refractivity contribution in [3.8, 4) is 0 Å². The monoisotopic (exact) mass is 310 g/mol. The van der Waals surface area contributed by atoms with Crippen LogP contribution in [0.4, 0.5) is 11.4 Å². The molecule has 5 heteroatoms. The van der Waals surface area contributed by atoms with Crippen molar-refractivity contribution in [3.63, 3.8) is 0 Å². The van der Waals surface area contributed by atoms with E-state index >= 15 is 0 Å². The average molecular weight is 311 g/mol. The molecule has 2 aromatic rings. The van der Waals surface area contributed by atoms with Crippen LogP contribution in [0, 0.1) is 6.92 Å². The summed E-state index contributed by atoms with van der Waals surface area (Å²) in [4.78, 5) is 0.257. The molecule has 0 bridgehead atoms. The van der Waals surface area contributed by atoms with Crippen LogP contribution in [0.15, 0.2) is 36.4 Å². The van der Waals surface area contributed by atoms with E-state index in [2.05, 4.69) is 5.32 Å². The first kappa shape index (κ1) is 14.1. The summed E-state index contributed by atoms with van der Waals surface area (Å²) in [6, 6.07) is 11.1. The molecular weight excluding hydrogens is 299 g/mol. The van der Waals surface area contributed by atoms with E-state index in [1.54, 1.807) is 6.07 Å². The molecule has 19 heavy (non-hydrogen) atoms. The number of rotatable bonds is 3. The summed E-state index contributed by atoms with van der Waals surface area (Å²) in [7, 11) is 0. The Morgan fingerprint density at radius 1 is 1.05 bits per heavy atom. The van der Waals surface area contributed by atoms with Gasteiger partial charge in [0.1, 0.15) is 4.99 Å². The Kier molecular flexibility index (Phi) is 4.30. The molecule has 0 fully saturated rings. The van der Waals surface area contributed by atoms with E-state index in [1.165, 1.54) is 0 Å². The summed E-state index contributed by atoms with van der Waals surface area (Å²) < 4.78 is 0. The molecule has 0 atom stereocenters. The van der Waals surface area contributed by atoms with E-state index in [0.717, 1.165) is 16.9 Å². The van der Waals surface area contributed by atoms with Gasteiger partial charge in [-0.25, -0.2) is 0 Å². The minimum atomic E-state index is 0.257. The van der Waals surface area contributed by atoms with Gasteiger partial charge >= 0.3 is 0 Å². The summed E-state index contributed by atoms with van der Waals surface area (Å²) in [5.41, 5.74) is 8.98. The summed E-state index contributed by atoms with van der Waals surface area (Å²) in [5, 5.41) is 4.49. The Bertz CT molecular complexity index is 641. The number of anilines is 2. The van der Waals surface area contributed by atoms with E-state index in [4.69, 9.17) is 41.2 Å². The molecule has 0 heterocycles. The van der Waals surface area contributed by atoms with Gasteiger partial charge in [-0.3, -0.25) is 0 Å². The van der Waals surface area contributed by atoms with Crippen LogP contribution < -0.4 is 11.1 Å². The molecule has 0 aliphatic carbocycles. The Morgan fingerprint density at radius 3 is 2.26 bits per heavy atom. The molecule has 0 saturated heterocycles. The van der Waals surface area contributed by atoms with Crippen LogP contribution >= 0.6 is 35.4 Å². The SMILES string of the molecule is Cc1c(Cl)cccc1Nc1cccc(Cl)c1C(N)=S. The highest BCUT2D eigenvalue weighted by Gasteiger charge is 2.11. The maximum absolute atomic E-state index is 6.13. The number of hydrogen-bond acceptors (Lipinski definition) is 2. The first-order chi connectivity index (χ1) is 9.00. The summed E-state index contributed by atoms with van der Waals surface area (Å²) in [6.45, 7) is 1.94. The van der Waals surface area contributed by atoms with Crippen LogP contribution in [0.1, 0.15) is 11.1 Å². The van der Waals surface area contributed by atoms with Crippen molar-refractivity contribution in [2.24, 2.45) is 5.73 Å². The molecule has 0 aromatic heterocycles. The molecule has 0 radical (unpaired) electrons. The zero-order chi connectivity index (χ0) is 14.0. The van der Waals surface area contributed by atoms with E-state index in [-0.39, 0.29) is 4.99 Å². The molecule has 0 amide bonds. The molecule has 3 N–H and O–H groups in total. The molecule has 0 saturated carbocycles. The van der Waals surface area contributed by atoms with Crippen LogP contribution in [-0.4, -0.2) is 4.99 Å². The lowest BCUT2D eigenvalue weighted by atomic mass is 10.1. The third kappa shape index (κ3) is 3.00. The Balaban J connectivity index is 2.47. The largest absolute Gasteiger partial charge is 0.389 e. The first-order valence-corrected chi connectivity index (χ1v) is 6.77. The quantitative estimate of drug-likeness (QED) is 0.808. The predicted octanol–water partition coefficient (Wildman–Crippen LogP) is 4.68. The molecule has 98 valence electrons. The van der Waals surface area contributed by atoms with Gasteiger partial charge in [0.05, 0.1) is 16.3 Å². The van der Waals surface area contributed by atoms with Crippen LogP contribution in [0.25, 0.3) is 0 Å². The number of hydrogen-bond donors (Lipinski definition) is 2. The van der Waals surface area contributed by atoms with Crippen LogP contribution in [0.5, 0.6) is 0 Å². The topological polar surface area (TPSA) is 38.0 Å². The number of nitrogens with two attached hydrogens (primary N) is 1. The minimum absolute atomic E-state index is 0.257. The minimum Gasteiger partial charge on any atom is -0.389 e. The number of thiocarbonyl (C=S) groups is 1. The highest BCUT2D eigenvalue weighted by Crippen LogP contribution is 2.30.